The molecule has 282 valence electrons. The highest BCUT2D eigenvalue weighted by atomic mass is 16.5. The summed E-state index contributed by atoms with van der Waals surface area (Å²) in [6.45, 7) is -0.699. The molecule has 4 aromatic rings. The molecule has 0 radical (unpaired) electrons. The topological polar surface area (TPSA) is 212 Å². The fourth-order valence-electron chi connectivity index (χ4n) is 7.34. The van der Waals surface area contributed by atoms with Crippen molar-refractivity contribution in [3.8, 4) is 0 Å². The zero-order chi connectivity index (χ0) is 38.4. The van der Waals surface area contributed by atoms with Gasteiger partial charge in [0.2, 0.25) is 5.91 Å². The number of carbonyl (C=O) groups excluding carboxylic acids is 2. The number of benzene rings is 4. The number of fused-ring (bicyclic) bond motifs is 2. The lowest BCUT2D eigenvalue weighted by Gasteiger charge is -2.37. The minimum absolute atomic E-state index is 0.146. The maximum atomic E-state index is 14.4. The van der Waals surface area contributed by atoms with Crippen molar-refractivity contribution in [1.29, 1.82) is 0 Å². The Balaban J connectivity index is 1.33. The normalized spacial score (nSPS) is 21.5. The van der Waals surface area contributed by atoms with Gasteiger partial charge in [-0.2, -0.15) is 0 Å². The largest absolute Gasteiger partial charge is 0.481 e. The van der Waals surface area contributed by atoms with E-state index in [1.54, 1.807) is 103 Å². The van der Waals surface area contributed by atoms with Gasteiger partial charge >= 0.3 is 11.9 Å². The highest BCUT2D eigenvalue weighted by Gasteiger charge is 2.61. The zero-order valence-corrected chi connectivity index (χ0v) is 29.2. The number of aliphatic hydroxyl groups excluding tert-OH is 3. The Bertz CT molecular complexity index is 1960. The van der Waals surface area contributed by atoms with Crippen LogP contribution in [-0.2, 0) is 54.7 Å². The van der Waals surface area contributed by atoms with Crippen molar-refractivity contribution < 1.29 is 54.2 Å². The predicted molar refractivity (Wildman–Crippen MR) is 192 cm³/mol. The first kappa shape index (κ1) is 38.3. The summed E-state index contributed by atoms with van der Waals surface area (Å²) in [7, 11) is 0. The van der Waals surface area contributed by atoms with Crippen molar-refractivity contribution in [2.75, 3.05) is 0 Å². The molecular weight excluding hydrogens is 696 g/mol. The molecule has 2 aliphatic rings. The molecule has 0 saturated carbocycles. The molecule has 0 fully saturated rings. The second kappa shape index (κ2) is 16.7. The van der Waals surface area contributed by atoms with Crippen LogP contribution in [0.5, 0.6) is 0 Å². The van der Waals surface area contributed by atoms with Gasteiger partial charge in [0.1, 0.15) is 12.0 Å². The molecule has 13 heteroatoms. The fraction of sp³-hybridized carbons (Fsp3) is 0.317. The molecule has 0 aromatic heterocycles. The van der Waals surface area contributed by atoms with Crippen LogP contribution in [0.1, 0.15) is 51.9 Å². The van der Waals surface area contributed by atoms with Crippen molar-refractivity contribution in [1.82, 2.24) is 10.6 Å². The van der Waals surface area contributed by atoms with E-state index in [0.717, 1.165) is 5.56 Å². The van der Waals surface area contributed by atoms with Crippen LogP contribution in [0, 0.1) is 5.92 Å². The maximum absolute atomic E-state index is 14.4. The average molecular weight is 739 g/mol. The van der Waals surface area contributed by atoms with Crippen molar-refractivity contribution >= 4 is 23.8 Å². The minimum Gasteiger partial charge on any atom is -0.481 e. The summed E-state index contributed by atoms with van der Waals surface area (Å²) in [6.07, 6.45) is -6.34. The van der Waals surface area contributed by atoms with Gasteiger partial charge in [0.25, 0.3) is 11.5 Å². The highest BCUT2D eigenvalue weighted by molar-refractivity contribution is 6.09. The fourth-order valence-corrected chi connectivity index (χ4v) is 7.34. The Morgan fingerprint density at radius 2 is 1.17 bits per heavy atom. The maximum Gasteiger partial charge on any atom is 0.347 e. The number of carbonyl (C=O) groups is 4. The summed E-state index contributed by atoms with van der Waals surface area (Å²) >= 11 is 0. The molecule has 0 spiro atoms. The number of ether oxygens (including phenoxy) is 2. The van der Waals surface area contributed by atoms with Crippen molar-refractivity contribution in [2.45, 2.75) is 74.6 Å². The van der Waals surface area contributed by atoms with Gasteiger partial charge in [0.15, 0.2) is 0 Å². The average Bonchev–Trinajstić information content (AvgIpc) is 3.65. The van der Waals surface area contributed by atoms with Gasteiger partial charge in [0.05, 0.1) is 43.6 Å². The monoisotopic (exact) mass is 738 g/mol. The summed E-state index contributed by atoms with van der Waals surface area (Å²) in [5.41, 5.74) is 0.484. The first-order valence-electron chi connectivity index (χ1n) is 17.6. The molecule has 8 atom stereocenters. The number of rotatable bonds is 16. The van der Waals surface area contributed by atoms with Gasteiger partial charge in [-0.1, -0.05) is 109 Å². The van der Waals surface area contributed by atoms with Crippen molar-refractivity contribution in [3.05, 3.63) is 143 Å². The SMILES string of the molecule is O=C(O)C(C(O)C[C@@H](OCc1ccccc1)C(=O)N[C@H]1c2ccccc2C[C@H]1O)[C@](OCc1ccccc1)(C(=O)O)C(=O)N[C@H]1c2ccccc2C[C@H]1O. The molecule has 54 heavy (non-hydrogen) atoms. The molecule has 13 nitrogen and oxygen atoms in total. The van der Waals surface area contributed by atoms with E-state index in [0.29, 0.717) is 27.8 Å². The Morgan fingerprint density at radius 1 is 0.685 bits per heavy atom. The van der Waals surface area contributed by atoms with E-state index in [1.807, 2.05) is 6.07 Å². The van der Waals surface area contributed by atoms with Gasteiger partial charge in [-0.15, -0.1) is 0 Å². The van der Waals surface area contributed by atoms with Gasteiger partial charge in [-0.3, -0.25) is 14.4 Å². The van der Waals surface area contributed by atoms with Crippen molar-refractivity contribution in [3.63, 3.8) is 0 Å². The second-order valence-electron chi connectivity index (χ2n) is 13.6. The molecule has 0 bridgehead atoms. The third-order valence-corrected chi connectivity index (χ3v) is 10.1. The van der Waals surface area contributed by atoms with Crippen LogP contribution in [0.25, 0.3) is 0 Å². The van der Waals surface area contributed by atoms with E-state index < -0.39 is 84.8 Å². The Hall–Kier alpha value is -5.44. The van der Waals surface area contributed by atoms with Crippen molar-refractivity contribution in [2.24, 2.45) is 5.92 Å². The van der Waals surface area contributed by atoms with E-state index in [4.69, 9.17) is 9.47 Å². The molecule has 0 saturated heterocycles. The van der Waals surface area contributed by atoms with Crippen LogP contribution in [0.3, 0.4) is 0 Å². The summed E-state index contributed by atoms with van der Waals surface area (Å²) < 4.78 is 11.8. The number of aliphatic hydroxyl groups is 3. The molecule has 0 heterocycles. The summed E-state index contributed by atoms with van der Waals surface area (Å²) in [6, 6.07) is 28.9. The second-order valence-corrected chi connectivity index (χ2v) is 13.6. The standard InChI is InChI=1S/C41H42N2O11/c44-30(21-33(53-22-24-11-3-1-4-12-24)37(47)42-35-28-17-9-7-15-26(28)19-31(35)45)34(38(48)49)41(40(51)52,54-23-25-13-5-2-6-14-25)39(50)43-36-29-18-10-8-16-27(29)20-32(36)46/h1-18,30-36,44-46H,19-23H2,(H,42,47)(H,43,50)(H,48,49)(H,51,52)/t30?,31-,32-,33-,34?,35+,36+,41-/m1/s1. The Kier molecular flexibility index (Phi) is 11.8. The number of carboxylic acid groups (broad SMARTS) is 2. The summed E-state index contributed by atoms with van der Waals surface area (Å²) in [4.78, 5) is 54.9. The van der Waals surface area contributed by atoms with Crippen LogP contribution in [0.4, 0.5) is 0 Å². The number of nitrogens with one attached hydrogen (secondary N) is 2. The van der Waals surface area contributed by atoms with E-state index in [9.17, 15) is 44.7 Å². The first-order chi connectivity index (χ1) is 26.0. The molecule has 2 unspecified atom stereocenters. The zero-order valence-electron chi connectivity index (χ0n) is 29.2. The van der Waals surface area contributed by atoms with E-state index >= 15 is 0 Å². The number of hydrogen-bond donors (Lipinski definition) is 7. The van der Waals surface area contributed by atoms with Gasteiger partial charge in [-0.05, 0) is 33.4 Å². The number of amides is 2. The van der Waals surface area contributed by atoms with Gasteiger partial charge in [-0.25, -0.2) is 4.79 Å². The number of carboxylic acids is 2. The first-order valence-corrected chi connectivity index (χ1v) is 17.6. The van der Waals surface area contributed by atoms with E-state index in [-0.39, 0.29) is 19.4 Å². The van der Waals surface area contributed by atoms with Crippen LogP contribution in [0.2, 0.25) is 0 Å². The van der Waals surface area contributed by atoms with Gasteiger partial charge in [0, 0.05) is 19.3 Å². The molecule has 0 aliphatic heterocycles. The molecule has 4 aromatic carbocycles. The molecule has 6 rings (SSSR count). The van der Waals surface area contributed by atoms with Gasteiger partial charge < -0.3 is 45.6 Å². The Labute approximate surface area is 311 Å². The molecule has 2 amide bonds. The third-order valence-electron chi connectivity index (χ3n) is 10.1. The lowest BCUT2D eigenvalue weighted by atomic mass is 9.79. The summed E-state index contributed by atoms with van der Waals surface area (Å²) in [5.74, 6) is -8.64. The number of aliphatic carboxylic acids is 2. The Morgan fingerprint density at radius 3 is 1.69 bits per heavy atom. The van der Waals surface area contributed by atoms with Crippen LogP contribution >= 0.6 is 0 Å². The lowest BCUT2D eigenvalue weighted by molar-refractivity contribution is -0.200. The molecular formula is C41H42N2O11. The smallest absolute Gasteiger partial charge is 0.347 e. The minimum atomic E-state index is -3.28. The lowest BCUT2D eigenvalue weighted by Crippen LogP contribution is -2.65. The van der Waals surface area contributed by atoms with Crippen LogP contribution in [0.15, 0.2) is 109 Å². The van der Waals surface area contributed by atoms with E-state index in [1.165, 1.54) is 0 Å². The molecule has 7 N–H and O–H groups in total. The van der Waals surface area contributed by atoms with E-state index in [2.05, 4.69) is 10.6 Å². The summed E-state index contributed by atoms with van der Waals surface area (Å²) in [5, 5.41) is 60.3. The molecule has 2 aliphatic carbocycles. The van der Waals surface area contributed by atoms with Crippen LogP contribution in [-0.4, -0.2) is 79.3 Å². The third kappa shape index (κ3) is 8.05. The number of hydrogen-bond acceptors (Lipinski definition) is 9. The van der Waals surface area contributed by atoms with Crippen LogP contribution < -0.4 is 10.6 Å². The highest BCUT2D eigenvalue weighted by Crippen LogP contribution is 2.36. The quantitative estimate of drug-likeness (QED) is 0.0831. The predicted octanol–water partition coefficient (Wildman–Crippen LogP) is 2.61.